The van der Waals surface area contributed by atoms with Crippen LogP contribution in [0.4, 0.5) is 0 Å². The fourth-order valence-electron chi connectivity index (χ4n) is 2.72. The number of hydrogen-bond donors (Lipinski definition) is 1. The summed E-state index contributed by atoms with van der Waals surface area (Å²) in [6.07, 6.45) is 4.73. The van der Waals surface area contributed by atoms with E-state index in [1.807, 2.05) is 48.7 Å². The van der Waals surface area contributed by atoms with Gasteiger partial charge in [0.25, 0.3) is 0 Å². The van der Waals surface area contributed by atoms with Gasteiger partial charge in [0, 0.05) is 22.7 Å². The van der Waals surface area contributed by atoms with E-state index in [-0.39, 0.29) is 0 Å². The first-order valence-corrected chi connectivity index (χ1v) is 7.61. The van der Waals surface area contributed by atoms with E-state index >= 15 is 0 Å². The lowest BCUT2D eigenvalue weighted by molar-refractivity contribution is 0.414. The molecule has 0 aliphatic carbocycles. The van der Waals surface area contributed by atoms with Gasteiger partial charge in [-0.15, -0.1) is 0 Å². The number of fused-ring (bicyclic) bond motifs is 1. The Bertz CT molecular complexity index is 891. The largest absolute Gasteiger partial charge is 0.497 e. The number of aryl methyl sites for hydroxylation is 1. The quantitative estimate of drug-likeness (QED) is 0.703. The molecule has 3 rings (SSSR count). The number of aromatic amines is 1. The van der Waals surface area contributed by atoms with Crippen molar-refractivity contribution in [2.45, 2.75) is 13.3 Å². The normalized spacial score (nSPS) is 11.4. The predicted molar refractivity (Wildman–Crippen MR) is 94.2 cm³/mol. The molecule has 0 fully saturated rings. The Morgan fingerprint density at radius 1 is 1.26 bits per heavy atom. The third-order valence-electron chi connectivity index (χ3n) is 3.94. The van der Waals surface area contributed by atoms with Crippen LogP contribution < -0.4 is 4.74 Å². The minimum atomic E-state index is 0.637. The molecule has 0 radical (unpaired) electrons. The number of allylic oxidation sites excluding steroid dienone is 1. The van der Waals surface area contributed by atoms with Crippen LogP contribution >= 0.6 is 0 Å². The maximum Gasteiger partial charge on any atom is 0.119 e. The highest BCUT2D eigenvalue weighted by Gasteiger charge is 2.08. The Morgan fingerprint density at radius 2 is 2.09 bits per heavy atom. The molecule has 1 heterocycles. The second kappa shape index (κ2) is 6.41. The van der Waals surface area contributed by atoms with E-state index in [9.17, 15) is 5.26 Å². The molecule has 3 heteroatoms. The molecule has 0 aliphatic rings. The van der Waals surface area contributed by atoms with Gasteiger partial charge in [0.2, 0.25) is 0 Å². The van der Waals surface area contributed by atoms with Gasteiger partial charge in [-0.25, -0.2) is 0 Å². The first kappa shape index (κ1) is 14.9. The number of nitrogens with zero attached hydrogens (tertiary/aromatic N) is 1. The van der Waals surface area contributed by atoms with Gasteiger partial charge in [0.15, 0.2) is 0 Å². The molecule has 1 aromatic heterocycles. The highest BCUT2D eigenvalue weighted by molar-refractivity contribution is 6.01. The number of rotatable bonds is 4. The zero-order valence-corrected chi connectivity index (χ0v) is 13.3. The van der Waals surface area contributed by atoms with Gasteiger partial charge in [-0.3, -0.25) is 0 Å². The second-order valence-corrected chi connectivity index (χ2v) is 5.39. The molecule has 0 unspecified atom stereocenters. The predicted octanol–water partition coefficient (Wildman–Crippen LogP) is 4.80. The molecule has 23 heavy (non-hydrogen) atoms. The van der Waals surface area contributed by atoms with E-state index in [0.717, 1.165) is 34.2 Å². The summed E-state index contributed by atoms with van der Waals surface area (Å²) >= 11 is 0. The van der Waals surface area contributed by atoms with Crippen molar-refractivity contribution in [2.75, 3.05) is 7.11 Å². The van der Waals surface area contributed by atoms with Crippen molar-refractivity contribution in [1.82, 2.24) is 4.98 Å². The fraction of sp³-hybridized carbons (Fsp3) is 0.150. The maximum absolute atomic E-state index is 9.61. The number of hydrogen-bond acceptors (Lipinski definition) is 2. The van der Waals surface area contributed by atoms with Gasteiger partial charge in [0.1, 0.15) is 5.75 Å². The zero-order chi connectivity index (χ0) is 16.2. The summed E-state index contributed by atoms with van der Waals surface area (Å²) < 4.78 is 5.36. The van der Waals surface area contributed by atoms with E-state index in [1.165, 1.54) is 5.56 Å². The smallest absolute Gasteiger partial charge is 0.119 e. The summed E-state index contributed by atoms with van der Waals surface area (Å²) in [5, 5.41) is 10.7. The Labute approximate surface area is 135 Å². The van der Waals surface area contributed by atoms with Crippen molar-refractivity contribution < 1.29 is 4.74 Å². The topological polar surface area (TPSA) is 48.8 Å². The van der Waals surface area contributed by atoms with E-state index < -0.39 is 0 Å². The lowest BCUT2D eigenvalue weighted by Gasteiger charge is -2.06. The number of para-hydroxylation sites is 1. The molecule has 0 saturated heterocycles. The van der Waals surface area contributed by atoms with Gasteiger partial charge in [0.05, 0.1) is 18.8 Å². The Hall–Kier alpha value is -2.99. The number of benzene rings is 2. The number of methoxy groups -OCH3 is 1. The zero-order valence-electron chi connectivity index (χ0n) is 13.3. The average molecular weight is 302 g/mol. The average Bonchev–Trinajstić information content (AvgIpc) is 3.03. The third-order valence-corrected chi connectivity index (χ3v) is 3.94. The molecule has 0 atom stereocenters. The summed E-state index contributed by atoms with van der Waals surface area (Å²) in [6, 6.07) is 16.4. The standard InChI is InChI=1S/C20H18N2O/c1-3-14-8-15(11-17(10-14)23-2)9-16(12-21)19-13-22-20-7-5-4-6-18(19)20/h4-11,13,22H,3H2,1-2H3. The van der Waals surface area contributed by atoms with Crippen LogP contribution in [0.15, 0.2) is 48.7 Å². The first-order valence-electron chi connectivity index (χ1n) is 7.61. The van der Waals surface area contributed by atoms with Crippen molar-refractivity contribution in [2.24, 2.45) is 0 Å². The number of aromatic nitrogens is 1. The number of nitrogens with one attached hydrogen (secondary N) is 1. The maximum atomic E-state index is 9.61. The number of ether oxygens (including phenoxy) is 1. The number of nitriles is 1. The molecular formula is C20H18N2O. The molecule has 0 spiro atoms. The lowest BCUT2D eigenvalue weighted by atomic mass is 10.0. The van der Waals surface area contributed by atoms with E-state index in [2.05, 4.69) is 24.0 Å². The van der Waals surface area contributed by atoms with Crippen LogP contribution in [0.5, 0.6) is 5.75 Å². The summed E-state index contributed by atoms with van der Waals surface area (Å²) in [7, 11) is 1.66. The van der Waals surface area contributed by atoms with Crippen LogP contribution in [0.25, 0.3) is 22.6 Å². The first-order chi connectivity index (χ1) is 11.2. The molecule has 0 bridgehead atoms. The molecule has 3 nitrogen and oxygen atoms in total. The lowest BCUT2D eigenvalue weighted by Crippen LogP contribution is -1.89. The van der Waals surface area contributed by atoms with Crippen LogP contribution in [-0.2, 0) is 6.42 Å². The van der Waals surface area contributed by atoms with Crippen LogP contribution in [0.1, 0.15) is 23.6 Å². The van der Waals surface area contributed by atoms with Gasteiger partial charge in [-0.1, -0.05) is 31.2 Å². The van der Waals surface area contributed by atoms with Gasteiger partial charge >= 0.3 is 0 Å². The summed E-state index contributed by atoms with van der Waals surface area (Å²) in [4.78, 5) is 3.22. The number of H-pyrrole nitrogens is 1. The molecule has 0 amide bonds. The Balaban J connectivity index is 2.11. The van der Waals surface area contributed by atoms with Crippen molar-refractivity contribution >= 4 is 22.6 Å². The van der Waals surface area contributed by atoms with Crippen LogP contribution in [-0.4, -0.2) is 12.1 Å². The van der Waals surface area contributed by atoms with Crippen molar-refractivity contribution in [3.8, 4) is 11.8 Å². The van der Waals surface area contributed by atoms with Crippen molar-refractivity contribution in [3.05, 3.63) is 65.4 Å². The summed E-state index contributed by atoms with van der Waals surface area (Å²) in [5.41, 5.74) is 4.75. The minimum absolute atomic E-state index is 0.637. The molecule has 0 aliphatic heterocycles. The van der Waals surface area contributed by atoms with E-state index in [1.54, 1.807) is 7.11 Å². The van der Waals surface area contributed by atoms with Crippen LogP contribution in [0.2, 0.25) is 0 Å². The summed E-state index contributed by atoms with van der Waals surface area (Å²) in [6.45, 7) is 2.10. The molecular weight excluding hydrogens is 284 g/mol. The van der Waals surface area contributed by atoms with Gasteiger partial charge in [-0.2, -0.15) is 5.26 Å². The summed E-state index contributed by atoms with van der Waals surface area (Å²) in [5.74, 6) is 0.812. The SMILES string of the molecule is CCc1cc(C=C(C#N)c2c[nH]c3ccccc23)cc(OC)c1. The molecule has 0 saturated carbocycles. The molecule has 2 aromatic carbocycles. The fourth-order valence-corrected chi connectivity index (χ4v) is 2.72. The highest BCUT2D eigenvalue weighted by atomic mass is 16.5. The van der Waals surface area contributed by atoms with Crippen LogP contribution in [0.3, 0.4) is 0 Å². The van der Waals surface area contributed by atoms with Crippen molar-refractivity contribution in [1.29, 1.82) is 5.26 Å². The van der Waals surface area contributed by atoms with Gasteiger partial charge in [-0.05, 0) is 41.8 Å². The Kier molecular flexibility index (Phi) is 4.16. The van der Waals surface area contributed by atoms with E-state index in [0.29, 0.717) is 5.57 Å². The Morgan fingerprint density at radius 3 is 2.83 bits per heavy atom. The minimum Gasteiger partial charge on any atom is -0.497 e. The second-order valence-electron chi connectivity index (χ2n) is 5.39. The van der Waals surface area contributed by atoms with Crippen LogP contribution in [0, 0.1) is 11.3 Å². The molecule has 114 valence electrons. The van der Waals surface area contributed by atoms with Crippen molar-refractivity contribution in [3.63, 3.8) is 0 Å². The highest BCUT2D eigenvalue weighted by Crippen LogP contribution is 2.27. The van der Waals surface area contributed by atoms with E-state index in [4.69, 9.17) is 4.74 Å². The third kappa shape index (κ3) is 2.97. The monoisotopic (exact) mass is 302 g/mol. The van der Waals surface area contributed by atoms with Gasteiger partial charge < -0.3 is 9.72 Å². The molecule has 1 N–H and O–H groups in total. The molecule has 3 aromatic rings.